The lowest BCUT2D eigenvalue weighted by molar-refractivity contribution is 0.0697. The molecule has 4 heteroatoms. The van der Waals surface area contributed by atoms with Crippen molar-refractivity contribution in [3.63, 3.8) is 0 Å². The van der Waals surface area contributed by atoms with Gasteiger partial charge in [0, 0.05) is 17.6 Å². The Morgan fingerprint density at radius 2 is 1.79 bits per heavy atom. The van der Waals surface area contributed by atoms with Crippen molar-refractivity contribution in [1.82, 2.24) is 0 Å². The molecule has 0 aliphatic heterocycles. The van der Waals surface area contributed by atoms with Crippen LogP contribution in [0.15, 0.2) is 22.7 Å². The highest BCUT2D eigenvalue weighted by atomic mass is 79.9. The number of nitrogens with zero attached hydrogens (tertiary/aromatic N) is 1. The number of anilines is 1. The van der Waals surface area contributed by atoms with Gasteiger partial charge >= 0.3 is 5.97 Å². The predicted octanol–water partition coefficient (Wildman–Crippen LogP) is 3.77. The molecule has 2 aliphatic rings. The molecule has 0 saturated heterocycles. The van der Waals surface area contributed by atoms with Gasteiger partial charge < -0.3 is 10.0 Å². The van der Waals surface area contributed by atoms with E-state index >= 15 is 0 Å². The van der Waals surface area contributed by atoms with Gasteiger partial charge in [-0.25, -0.2) is 4.79 Å². The Morgan fingerprint density at radius 1 is 1.21 bits per heavy atom. The van der Waals surface area contributed by atoms with E-state index in [1.807, 2.05) is 12.1 Å². The van der Waals surface area contributed by atoms with E-state index in [1.54, 1.807) is 6.07 Å². The van der Waals surface area contributed by atoms with E-state index in [1.165, 1.54) is 25.7 Å². The maximum absolute atomic E-state index is 11.4. The lowest BCUT2D eigenvalue weighted by Gasteiger charge is -2.26. The first-order valence-electron chi connectivity index (χ1n) is 6.91. The normalized spacial score (nSPS) is 18.4. The Labute approximate surface area is 121 Å². The molecule has 3 rings (SSSR count). The molecule has 0 amide bonds. The van der Waals surface area contributed by atoms with Crippen molar-refractivity contribution in [3.05, 3.63) is 28.2 Å². The molecule has 2 fully saturated rings. The molecule has 3 nitrogen and oxygen atoms in total. The highest BCUT2D eigenvalue weighted by Crippen LogP contribution is 2.37. The monoisotopic (exact) mass is 323 g/mol. The second kappa shape index (κ2) is 5.16. The van der Waals surface area contributed by atoms with Crippen LogP contribution >= 0.6 is 15.9 Å². The Kier molecular flexibility index (Phi) is 3.52. The predicted molar refractivity (Wildman–Crippen MR) is 78.8 cm³/mol. The number of carboxylic acid groups (broad SMARTS) is 1. The molecule has 0 radical (unpaired) electrons. The average molecular weight is 324 g/mol. The van der Waals surface area contributed by atoms with Crippen LogP contribution in [0.1, 0.15) is 36.0 Å². The van der Waals surface area contributed by atoms with Gasteiger partial charge in [0.15, 0.2) is 0 Å². The highest BCUT2D eigenvalue weighted by molar-refractivity contribution is 9.10. The van der Waals surface area contributed by atoms with Crippen molar-refractivity contribution in [3.8, 4) is 0 Å². The molecule has 19 heavy (non-hydrogen) atoms. The van der Waals surface area contributed by atoms with Crippen molar-refractivity contribution in [2.45, 2.75) is 25.7 Å². The molecule has 0 heterocycles. The number of aromatic carboxylic acids is 1. The average Bonchev–Trinajstić information content (AvgIpc) is 3.23. The summed E-state index contributed by atoms with van der Waals surface area (Å²) in [6.45, 7) is 2.02. The fourth-order valence-corrected chi connectivity index (χ4v) is 2.81. The third kappa shape index (κ3) is 3.30. The minimum atomic E-state index is -0.840. The van der Waals surface area contributed by atoms with Crippen molar-refractivity contribution >= 4 is 27.6 Å². The summed E-state index contributed by atoms with van der Waals surface area (Å²) in [5, 5.41) is 9.39. The zero-order valence-corrected chi connectivity index (χ0v) is 12.4. The highest BCUT2D eigenvalue weighted by Gasteiger charge is 2.30. The summed E-state index contributed by atoms with van der Waals surface area (Å²) >= 11 is 3.36. The standard InChI is InChI=1S/C15H18BrNO2/c16-12-5-6-14(13(7-12)15(18)19)17(8-10-1-2-10)9-11-3-4-11/h5-7,10-11H,1-4,8-9H2,(H,18,19). The van der Waals surface area contributed by atoms with Gasteiger partial charge in [0.05, 0.1) is 11.3 Å². The largest absolute Gasteiger partial charge is 0.478 e. The van der Waals surface area contributed by atoms with E-state index in [2.05, 4.69) is 20.8 Å². The van der Waals surface area contributed by atoms with Crippen LogP contribution < -0.4 is 4.90 Å². The van der Waals surface area contributed by atoms with E-state index in [-0.39, 0.29) is 0 Å². The van der Waals surface area contributed by atoms with Crippen LogP contribution in [-0.4, -0.2) is 24.2 Å². The van der Waals surface area contributed by atoms with Crippen LogP contribution in [0.3, 0.4) is 0 Å². The van der Waals surface area contributed by atoms with Crippen LogP contribution in [0.4, 0.5) is 5.69 Å². The molecule has 1 N–H and O–H groups in total. The summed E-state index contributed by atoms with van der Waals surface area (Å²) in [6.07, 6.45) is 5.17. The van der Waals surface area contributed by atoms with Gasteiger partial charge in [0.2, 0.25) is 0 Å². The van der Waals surface area contributed by atoms with Crippen LogP contribution in [-0.2, 0) is 0 Å². The van der Waals surface area contributed by atoms with Gasteiger partial charge in [0.25, 0.3) is 0 Å². The van der Waals surface area contributed by atoms with E-state index in [0.717, 1.165) is 35.1 Å². The van der Waals surface area contributed by atoms with Gasteiger partial charge in [-0.3, -0.25) is 0 Å². The second-order valence-electron chi connectivity index (χ2n) is 5.76. The molecular weight excluding hydrogens is 306 g/mol. The molecular formula is C15H18BrNO2. The summed E-state index contributed by atoms with van der Waals surface area (Å²) in [6, 6.07) is 5.59. The molecule has 1 aromatic carbocycles. The van der Waals surface area contributed by atoms with Gasteiger partial charge in [0.1, 0.15) is 0 Å². The van der Waals surface area contributed by atoms with Gasteiger partial charge in [-0.15, -0.1) is 0 Å². The topological polar surface area (TPSA) is 40.5 Å². The quantitative estimate of drug-likeness (QED) is 0.866. The molecule has 0 bridgehead atoms. The number of hydrogen-bond donors (Lipinski definition) is 1. The van der Waals surface area contributed by atoms with Crippen molar-refractivity contribution in [1.29, 1.82) is 0 Å². The SMILES string of the molecule is O=C(O)c1cc(Br)ccc1N(CC1CC1)CC1CC1. The molecule has 0 spiro atoms. The molecule has 2 saturated carbocycles. The minimum Gasteiger partial charge on any atom is -0.478 e. The number of hydrogen-bond acceptors (Lipinski definition) is 2. The van der Waals surface area contributed by atoms with Crippen LogP contribution in [0.25, 0.3) is 0 Å². The summed E-state index contributed by atoms with van der Waals surface area (Å²) in [5.41, 5.74) is 1.30. The summed E-state index contributed by atoms with van der Waals surface area (Å²) in [4.78, 5) is 13.7. The number of benzene rings is 1. The number of carbonyl (C=O) groups is 1. The first kappa shape index (κ1) is 13.0. The Balaban J connectivity index is 1.88. The second-order valence-corrected chi connectivity index (χ2v) is 6.67. The summed E-state index contributed by atoms with van der Waals surface area (Å²) < 4.78 is 0.825. The maximum Gasteiger partial charge on any atom is 0.337 e. The summed E-state index contributed by atoms with van der Waals surface area (Å²) in [7, 11) is 0. The molecule has 0 atom stereocenters. The van der Waals surface area contributed by atoms with Crippen LogP contribution in [0.5, 0.6) is 0 Å². The third-order valence-electron chi connectivity index (χ3n) is 3.88. The molecule has 1 aromatic rings. The Bertz CT molecular complexity index is 481. The molecule has 102 valence electrons. The zero-order chi connectivity index (χ0) is 13.4. The number of carboxylic acids is 1. The van der Waals surface area contributed by atoms with Gasteiger partial charge in [-0.1, -0.05) is 15.9 Å². The van der Waals surface area contributed by atoms with E-state index in [4.69, 9.17) is 0 Å². The molecule has 2 aliphatic carbocycles. The van der Waals surface area contributed by atoms with Crippen molar-refractivity contribution in [2.24, 2.45) is 11.8 Å². The van der Waals surface area contributed by atoms with E-state index < -0.39 is 5.97 Å². The smallest absolute Gasteiger partial charge is 0.337 e. The lowest BCUT2D eigenvalue weighted by atomic mass is 10.1. The zero-order valence-electron chi connectivity index (χ0n) is 10.8. The first-order valence-corrected chi connectivity index (χ1v) is 7.70. The van der Waals surface area contributed by atoms with E-state index in [0.29, 0.717) is 5.56 Å². The van der Waals surface area contributed by atoms with Crippen molar-refractivity contribution in [2.75, 3.05) is 18.0 Å². The summed E-state index contributed by atoms with van der Waals surface area (Å²) in [5.74, 6) is 0.695. The van der Waals surface area contributed by atoms with E-state index in [9.17, 15) is 9.90 Å². The molecule has 0 unspecified atom stereocenters. The first-order chi connectivity index (χ1) is 9.13. The fraction of sp³-hybridized carbons (Fsp3) is 0.533. The Hall–Kier alpha value is -1.03. The minimum absolute atomic E-state index is 0.413. The lowest BCUT2D eigenvalue weighted by Crippen LogP contribution is -2.29. The van der Waals surface area contributed by atoms with Crippen molar-refractivity contribution < 1.29 is 9.90 Å². The fourth-order valence-electron chi connectivity index (χ4n) is 2.45. The van der Waals surface area contributed by atoms with Gasteiger partial charge in [-0.05, 0) is 55.7 Å². The maximum atomic E-state index is 11.4. The van der Waals surface area contributed by atoms with Gasteiger partial charge in [-0.2, -0.15) is 0 Å². The molecule has 0 aromatic heterocycles. The van der Waals surface area contributed by atoms with Crippen LogP contribution in [0, 0.1) is 11.8 Å². The van der Waals surface area contributed by atoms with Crippen LogP contribution in [0.2, 0.25) is 0 Å². The third-order valence-corrected chi connectivity index (χ3v) is 4.37. The Morgan fingerprint density at radius 3 is 2.26 bits per heavy atom. The number of halogens is 1. The number of rotatable bonds is 6.